The van der Waals surface area contributed by atoms with Gasteiger partial charge in [0.25, 0.3) is 0 Å². The quantitative estimate of drug-likeness (QED) is 0.768. The number of nitrogens with one attached hydrogen (secondary N) is 1. The fourth-order valence-corrected chi connectivity index (χ4v) is 3.29. The molecule has 0 spiro atoms. The van der Waals surface area contributed by atoms with Gasteiger partial charge in [-0.3, -0.25) is 0 Å². The number of benzene rings is 1. The van der Waals surface area contributed by atoms with E-state index < -0.39 is 0 Å². The van der Waals surface area contributed by atoms with Crippen LogP contribution in [0.2, 0.25) is 5.02 Å². The fraction of sp³-hybridized carbons (Fsp3) is 0.200. The third-order valence-corrected chi connectivity index (χ3v) is 4.58. The summed E-state index contributed by atoms with van der Waals surface area (Å²) in [4.78, 5) is 5.17. The minimum absolute atomic E-state index is 0.618. The van der Waals surface area contributed by atoms with Gasteiger partial charge in [-0.1, -0.05) is 17.7 Å². The number of thiophene rings is 1. The van der Waals surface area contributed by atoms with Crippen LogP contribution in [-0.4, -0.2) is 21.9 Å². The molecule has 0 fully saturated rings. The Bertz CT molecular complexity index is 770. The van der Waals surface area contributed by atoms with Crippen LogP contribution in [0.5, 0.6) is 5.75 Å². The molecule has 0 aliphatic rings. The van der Waals surface area contributed by atoms with Crippen LogP contribution in [0.3, 0.4) is 0 Å². The Morgan fingerprint density at radius 3 is 2.91 bits per heavy atom. The molecule has 0 amide bonds. The monoisotopic (exact) mass is 334 g/mol. The largest absolute Gasteiger partial charge is 0.495 e. The summed E-state index contributed by atoms with van der Waals surface area (Å²) in [5.74, 6) is 0.686. The van der Waals surface area contributed by atoms with Crippen LogP contribution in [0, 0.1) is 6.92 Å². The van der Waals surface area contributed by atoms with Crippen molar-refractivity contribution in [2.45, 2.75) is 13.5 Å². The van der Waals surface area contributed by atoms with Gasteiger partial charge in [0.2, 0.25) is 0 Å². The number of methoxy groups -OCH3 is 1. The lowest BCUT2D eigenvalue weighted by atomic mass is 10.2. The first-order valence-corrected chi connectivity index (χ1v) is 7.88. The molecule has 3 rings (SSSR count). The molecule has 5 nitrogen and oxygen atoms in total. The Hall–Kier alpha value is -2.05. The highest BCUT2D eigenvalue weighted by atomic mass is 35.5. The van der Waals surface area contributed by atoms with E-state index in [0.717, 1.165) is 16.3 Å². The van der Waals surface area contributed by atoms with Crippen LogP contribution in [0.4, 0.5) is 5.69 Å². The van der Waals surface area contributed by atoms with Gasteiger partial charge in [-0.05, 0) is 30.7 Å². The first-order valence-electron chi connectivity index (χ1n) is 6.69. The molecule has 0 unspecified atom stereocenters. The van der Waals surface area contributed by atoms with Crippen molar-refractivity contribution in [1.29, 1.82) is 0 Å². The summed E-state index contributed by atoms with van der Waals surface area (Å²) < 4.78 is 6.92. The van der Waals surface area contributed by atoms with E-state index in [9.17, 15) is 0 Å². The molecule has 0 atom stereocenters. The SMILES string of the molecule is COc1ccc(CNc2cc(-n3cncn3)sc2C)cc1Cl. The van der Waals surface area contributed by atoms with Crippen molar-refractivity contribution < 1.29 is 4.74 Å². The minimum atomic E-state index is 0.618. The maximum atomic E-state index is 6.14. The molecule has 0 aliphatic carbocycles. The van der Waals surface area contributed by atoms with Crippen molar-refractivity contribution in [2.24, 2.45) is 0 Å². The predicted octanol–water partition coefficient (Wildman–Crippen LogP) is 3.91. The maximum absolute atomic E-state index is 6.14. The molecule has 0 bridgehead atoms. The average molecular weight is 335 g/mol. The Morgan fingerprint density at radius 1 is 1.36 bits per heavy atom. The second-order valence-corrected chi connectivity index (χ2v) is 6.36. The number of halogens is 1. The number of aromatic nitrogens is 3. The van der Waals surface area contributed by atoms with E-state index in [4.69, 9.17) is 16.3 Å². The molecule has 114 valence electrons. The van der Waals surface area contributed by atoms with Crippen LogP contribution in [0.15, 0.2) is 36.9 Å². The first-order chi connectivity index (χ1) is 10.7. The van der Waals surface area contributed by atoms with Gasteiger partial charge >= 0.3 is 0 Å². The first kappa shape index (κ1) is 14.9. The van der Waals surface area contributed by atoms with Crippen molar-refractivity contribution in [3.05, 3.63) is 52.4 Å². The molecule has 2 heterocycles. The molecule has 0 aliphatic heterocycles. The number of ether oxygens (including phenoxy) is 1. The van der Waals surface area contributed by atoms with Gasteiger partial charge in [-0.2, -0.15) is 5.10 Å². The lowest BCUT2D eigenvalue weighted by Crippen LogP contribution is -1.99. The molecular formula is C15H15ClN4OS. The Labute approximate surface area is 137 Å². The second kappa shape index (κ2) is 6.37. The molecule has 1 N–H and O–H groups in total. The van der Waals surface area contributed by atoms with Gasteiger partial charge in [0.15, 0.2) is 0 Å². The van der Waals surface area contributed by atoms with E-state index in [0.29, 0.717) is 17.3 Å². The molecule has 3 aromatic rings. The average Bonchev–Trinajstić information content (AvgIpc) is 3.15. The van der Waals surface area contributed by atoms with Crippen molar-refractivity contribution in [3.8, 4) is 10.8 Å². The van der Waals surface area contributed by atoms with E-state index in [-0.39, 0.29) is 0 Å². The van der Waals surface area contributed by atoms with E-state index in [2.05, 4.69) is 28.4 Å². The van der Waals surface area contributed by atoms with Gasteiger partial charge in [-0.25, -0.2) is 9.67 Å². The lowest BCUT2D eigenvalue weighted by molar-refractivity contribution is 0.415. The van der Waals surface area contributed by atoms with Crippen LogP contribution < -0.4 is 10.1 Å². The summed E-state index contributed by atoms with van der Waals surface area (Å²) >= 11 is 7.81. The summed E-state index contributed by atoms with van der Waals surface area (Å²) in [6, 6.07) is 7.85. The molecule has 7 heteroatoms. The summed E-state index contributed by atoms with van der Waals surface area (Å²) in [5.41, 5.74) is 2.18. The van der Waals surface area contributed by atoms with Gasteiger partial charge in [0.1, 0.15) is 23.4 Å². The zero-order valence-corrected chi connectivity index (χ0v) is 13.8. The van der Waals surface area contributed by atoms with Crippen molar-refractivity contribution in [1.82, 2.24) is 14.8 Å². The summed E-state index contributed by atoms with van der Waals surface area (Å²) in [7, 11) is 1.61. The molecule has 22 heavy (non-hydrogen) atoms. The van der Waals surface area contributed by atoms with E-state index in [1.807, 2.05) is 18.2 Å². The zero-order valence-electron chi connectivity index (χ0n) is 12.2. The molecule has 2 aromatic heterocycles. The third-order valence-electron chi connectivity index (χ3n) is 3.25. The van der Waals surface area contributed by atoms with Gasteiger partial charge in [0.05, 0.1) is 17.8 Å². The van der Waals surface area contributed by atoms with E-state index in [1.54, 1.807) is 29.5 Å². The van der Waals surface area contributed by atoms with Crippen LogP contribution >= 0.6 is 22.9 Å². The molecular weight excluding hydrogens is 320 g/mol. The van der Waals surface area contributed by atoms with Gasteiger partial charge in [-0.15, -0.1) is 11.3 Å². The van der Waals surface area contributed by atoms with Crippen molar-refractivity contribution in [2.75, 3.05) is 12.4 Å². The van der Waals surface area contributed by atoms with Gasteiger partial charge < -0.3 is 10.1 Å². The maximum Gasteiger partial charge on any atom is 0.138 e. The minimum Gasteiger partial charge on any atom is -0.495 e. The standard InChI is InChI=1S/C15H15ClN4OS/c1-10-13(6-15(22-10)20-9-17-8-19-20)18-7-11-3-4-14(21-2)12(16)5-11/h3-6,8-9,18H,7H2,1-2H3. The van der Waals surface area contributed by atoms with Crippen LogP contribution in [0.25, 0.3) is 5.00 Å². The summed E-state index contributed by atoms with van der Waals surface area (Å²) in [5, 5.41) is 9.22. The van der Waals surface area contributed by atoms with E-state index in [1.165, 1.54) is 11.2 Å². The number of aryl methyl sites for hydroxylation is 1. The van der Waals surface area contributed by atoms with Crippen LogP contribution in [-0.2, 0) is 6.54 Å². The Balaban J connectivity index is 1.73. The number of rotatable bonds is 5. The highest BCUT2D eigenvalue weighted by Gasteiger charge is 2.08. The van der Waals surface area contributed by atoms with E-state index >= 15 is 0 Å². The molecule has 0 saturated heterocycles. The normalized spacial score (nSPS) is 10.7. The second-order valence-electron chi connectivity index (χ2n) is 4.72. The highest BCUT2D eigenvalue weighted by molar-refractivity contribution is 7.15. The predicted molar refractivity (Wildman–Crippen MR) is 89.3 cm³/mol. The molecule has 0 radical (unpaired) electrons. The smallest absolute Gasteiger partial charge is 0.138 e. The van der Waals surface area contributed by atoms with Crippen molar-refractivity contribution in [3.63, 3.8) is 0 Å². The number of hydrogen-bond donors (Lipinski definition) is 1. The topological polar surface area (TPSA) is 52.0 Å². The number of hydrogen-bond acceptors (Lipinski definition) is 5. The zero-order chi connectivity index (χ0) is 15.5. The molecule has 1 aromatic carbocycles. The number of nitrogens with zero attached hydrogens (tertiary/aromatic N) is 3. The fourth-order valence-electron chi connectivity index (χ4n) is 2.09. The lowest BCUT2D eigenvalue weighted by Gasteiger charge is -2.08. The van der Waals surface area contributed by atoms with Crippen LogP contribution in [0.1, 0.15) is 10.4 Å². The Kier molecular flexibility index (Phi) is 4.31. The summed E-state index contributed by atoms with van der Waals surface area (Å²) in [6.07, 6.45) is 3.22. The molecule has 0 saturated carbocycles. The number of anilines is 1. The van der Waals surface area contributed by atoms with Gasteiger partial charge in [0, 0.05) is 11.4 Å². The highest BCUT2D eigenvalue weighted by Crippen LogP contribution is 2.30. The van der Waals surface area contributed by atoms with Crippen molar-refractivity contribution >= 4 is 28.6 Å². The Morgan fingerprint density at radius 2 is 2.23 bits per heavy atom. The summed E-state index contributed by atoms with van der Waals surface area (Å²) in [6.45, 7) is 2.77. The third kappa shape index (κ3) is 3.08.